The van der Waals surface area contributed by atoms with Gasteiger partial charge in [0.05, 0.1) is 16.7 Å². The van der Waals surface area contributed by atoms with E-state index in [4.69, 9.17) is 0 Å². The van der Waals surface area contributed by atoms with Crippen molar-refractivity contribution in [2.45, 2.75) is 33.2 Å². The van der Waals surface area contributed by atoms with Gasteiger partial charge >= 0.3 is 0 Å². The Bertz CT molecular complexity index is 629. The van der Waals surface area contributed by atoms with E-state index in [-0.39, 0.29) is 11.9 Å². The average Bonchev–Trinajstić information content (AvgIpc) is 2.96. The van der Waals surface area contributed by atoms with Crippen LogP contribution in [-0.2, 0) is 6.42 Å². The summed E-state index contributed by atoms with van der Waals surface area (Å²) in [6.45, 7) is 6.79. The molecule has 1 aliphatic rings. The predicted octanol–water partition coefficient (Wildman–Crippen LogP) is 3.58. The molecule has 19 heavy (non-hydrogen) atoms. The Morgan fingerprint density at radius 3 is 2.95 bits per heavy atom. The lowest BCUT2D eigenvalue weighted by Gasteiger charge is -2.33. The van der Waals surface area contributed by atoms with Gasteiger partial charge < -0.3 is 4.90 Å². The Balaban J connectivity index is 1.92. The van der Waals surface area contributed by atoms with Gasteiger partial charge in [0.1, 0.15) is 4.88 Å². The molecule has 0 unspecified atom stereocenters. The normalized spacial score (nSPS) is 18.5. The zero-order valence-corrected chi connectivity index (χ0v) is 12.9. The highest BCUT2D eigenvalue weighted by molar-refractivity contribution is 7.13. The van der Waals surface area contributed by atoms with E-state index in [0.29, 0.717) is 0 Å². The molecule has 3 heterocycles. The third-order valence-corrected chi connectivity index (χ3v) is 5.69. The zero-order valence-electron chi connectivity index (χ0n) is 11.3. The van der Waals surface area contributed by atoms with Crippen LogP contribution in [0.1, 0.15) is 43.8 Å². The van der Waals surface area contributed by atoms with Crippen molar-refractivity contribution in [2.75, 3.05) is 6.54 Å². The summed E-state index contributed by atoms with van der Waals surface area (Å²) in [6.07, 6.45) is 0.972. The van der Waals surface area contributed by atoms with Crippen LogP contribution in [0.2, 0.25) is 0 Å². The molecule has 0 saturated heterocycles. The molecule has 3 rings (SSSR count). The quantitative estimate of drug-likeness (QED) is 0.805. The molecule has 3 nitrogen and oxygen atoms in total. The summed E-state index contributed by atoms with van der Waals surface area (Å²) < 4.78 is 0. The standard InChI is InChI=1S/C14H16N2OS2/c1-8-13(19-10(3)15-8)14(17)16-6-4-12-11(9(16)2)5-7-18-12/h5,7,9H,4,6H2,1-3H3/t9-/m0/s1. The molecule has 2 aromatic rings. The molecular weight excluding hydrogens is 276 g/mol. The molecule has 5 heteroatoms. The van der Waals surface area contributed by atoms with Crippen LogP contribution in [0.4, 0.5) is 0 Å². The molecule has 1 atom stereocenters. The minimum absolute atomic E-state index is 0.132. The molecule has 0 aliphatic carbocycles. The van der Waals surface area contributed by atoms with Crippen LogP contribution >= 0.6 is 22.7 Å². The van der Waals surface area contributed by atoms with Crippen LogP contribution in [0.25, 0.3) is 0 Å². The fraction of sp³-hybridized carbons (Fsp3) is 0.429. The number of aryl methyl sites for hydroxylation is 2. The van der Waals surface area contributed by atoms with Gasteiger partial charge in [-0.3, -0.25) is 4.79 Å². The maximum absolute atomic E-state index is 12.7. The molecule has 100 valence electrons. The minimum atomic E-state index is 0.132. The molecule has 0 N–H and O–H groups in total. The number of hydrogen-bond donors (Lipinski definition) is 0. The van der Waals surface area contributed by atoms with E-state index in [1.807, 2.05) is 18.7 Å². The summed E-state index contributed by atoms with van der Waals surface area (Å²) in [7, 11) is 0. The number of carbonyl (C=O) groups excluding carboxylic acids is 1. The number of nitrogens with zero attached hydrogens (tertiary/aromatic N) is 2. The Morgan fingerprint density at radius 1 is 1.47 bits per heavy atom. The molecular formula is C14H16N2OS2. The SMILES string of the molecule is Cc1nc(C)c(C(=O)N2CCc3sccc3[C@@H]2C)s1. The number of amides is 1. The highest BCUT2D eigenvalue weighted by atomic mass is 32.1. The molecule has 1 amide bonds. The van der Waals surface area contributed by atoms with E-state index in [2.05, 4.69) is 23.4 Å². The predicted molar refractivity (Wildman–Crippen MR) is 79.1 cm³/mol. The van der Waals surface area contributed by atoms with Gasteiger partial charge in [-0.25, -0.2) is 4.98 Å². The summed E-state index contributed by atoms with van der Waals surface area (Å²) in [4.78, 5) is 21.2. The Morgan fingerprint density at radius 2 is 2.26 bits per heavy atom. The van der Waals surface area contributed by atoms with E-state index in [9.17, 15) is 4.79 Å². The third kappa shape index (κ3) is 2.11. The van der Waals surface area contributed by atoms with Crippen molar-refractivity contribution in [1.82, 2.24) is 9.88 Å². The summed E-state index contributed by atoms with van der Waals surface area (Å²) in [6, 6.07) is 2.32. The van der Waals surface area contributed by atoms with Gasteiger partial charge in [0.2, 0.25) is 0 Å². The van der Waals surface area contributed by atoms with Gasteiger partial charge in [-0.05, 0) is 44.2 Å². The van der Waals surface area contributed by atoms with E-state index >= 15 is 0 Å². The molecule has 1 aliphatic heterocycles. The number of rotatable bonds is 1. The fourth-order valence-corrected chi connectivity index (χ4v) is 4.49. The first-order valence-corrected chi connectivity index (χ1v) is 8.09. The largest absolute Gasteiger partial charge is 0.331 e. The van der Waals surface area contributed by atoms with Crippen molar-refractivity contribution in [1.29, 1.82) is 0 Å². The van der Waals surface area contributed by atoms with Crippen molar-refractivity contribution in [2.24, 2.45) is 0 Å². The first kappa shape index (κ1) is 12.8. The van der Waals surface area contributed by atoms with Crippen molar-refractivity contribution < 1.29 is 4.79 Å². The van der Waals surface area contributed by atoms with Crippen molar-refractivity contribution in [3.05, 3.63) is 37.5 Å². The van der Waals surface area contributed by atoms with Crippen LogP contribution < -0.4 is 0 Å². The lowest BCUT2D eigenvalue weighted by Crippen LogP contribution is -2.38. The Kier molecular flexibility index (Phi) is 3.19. The second-order valence-corrected chi connectivity index (χ2v) is 7.07. The topological polar surface area (TPSA) is 33.2 Å². The highest BCUT2D eigenvalue weighted by Crippen LogP contribution is 2.34. The van der Waals surface area contributed by atoms with Gasteiger partial charge in [0.25, 0.3) is 5.91 Å². The Labute approximate surface area is 120 Å². The van der Waals surface area contributed by atoms with E-state index in [0.717, 1.165) is 28.5 Å². The molecule has 0 bridgehead atoms. The van der Waals surface area contributed by atoms with Gasteiger partial charge in [0.15, 0.2) is 0 Å². The van der Waals surface area contributed by atoms with Gasteiger partial charge in [-0.1, -0.05) is 0 Å². The molecule has 0 aromatic carbocycles. The van der Waals surface area contributed by atoms with Crippen LogP contribution in [0, 0.1) is 13.8 Å². The number of hydrogen-bond acceptors (Lipinski definition) is 4. The van der Waals surface area contributed by atoms with E-state index in [1.54, 1.807) is 11.3 Å². The Hall–Kier alpha value is -1.20. The molecule has 0 radical (unpaired) electrons. The second kappa shape index (κ2) is 4.72. The smallest absolute Gasteiger partial charge is 0.266 e. The molecule has 0 saturated carbocycles. The summed E-state index contributed by atoms with van der Waals surface area (Å²) >= 11 is 3.30. The van der Waals surface area contributed by atoms with Gasteiger partial charge in [0, 0.05) is 11.4 Å². The lowest BCUT2D eigenvalue weighted by molar-refractivity contribution is 0.0683. The summed E-state index contributed by atoms with van der Waals surface area (Å²) in [5.74, 6) is 0.132. The van der Waals surface area contributed by atoms with Crippen molar-refractivity contribution in [3.63, 3.8) is 0 Å². The first-order valence-electron chi connectivity index (χ1n) is 6.39. The van der Waals surface area contributed by atoms with E-state index in [1.165, 1.54) is 21.8 Å². The molecule has 2 aromatic heterocycles. The molecule has 0 fully saturated rings. The van der Waals surface area contributed by atoms with Crippen LogP contribution in [0.5, 0.6) is 0 Å². The lowest BCUT2D eigenvalue weighted by atomic mass is 10.0. The van der Waals surface area contributed by atoms with Crippen LogP contribution in [-0.4, -0.2) is 22.3 Å². The average molecular weight is 292 g/mol. The van der Waals surface area contributed by atoms with E-state index < -0.39 is 0 Å². The molecule has 0 spiro atoms. The fourth-order valence-electron chi connectivity index (χ4n) is 2.65. The maximum atomic E-state index is 12.7. The number of thiazole rings is 1. The zero-order chi connectivity index (χ0) is 13.6. The van der Waals surface area contributed by atoms with Gasteiger partial charge in [-0.15, -0.1) is 22.7 Å². The number of carbonyl (C=O) groups is 1. The maximum Gasteiger partial charge on any atom is 0.266 e. The van der Waals surface area contributed by atoms with Crippen molar-refractivity contribution >= 4 is 28.6 Å². The minimum Gasteiger partial charge on any atom is -0.331 e. The number of thiophene rings is 1. The second-order valence-electron chi connectivity index (χ2n) is 4.87. The summed E-state index contributed by atoms with van der Waals surface area (Å²) in [5, 5.41) is 3.08. The highest BCUT2D eigenvalue weighted by Gasteiger charge is 2.30. The number of aromatic nitrogens is 1. The van der Waals surface area contributed by atoms with Gasteiger partial charge in [-0.2, -0.15) is 0 Å². The van der Waals surface area contributed by atoms with Crippen molar-refractivity contribution in [3.8, 4) is 0 Å². The van der Waals surface area contributed by atoms with Crippen LogP contribution in [0.3, 0.4) is 0 Å². The van der Waals surface area contributed by atoms with Crippen LogP contribution in [0.15, 0.2) is 11.4 Å². The first-order chi connectivity index (χ1) is 9.08. The monoisotopic (exact) mass is 292 g/mol. The number of fused-ring (bicyclic) bond motifs is 1. The third-order valence-electron chi connectivity index (χ3n) is 3.64. The summed E-state index contributed by atoms with van der Waals surface area (Å²) in [5.41, 5.74) is 2.17.